The summed E-state index contributed by atoms with van der Waals surface area (Å²) >= 11 is 0. The number of anilines is 1. The van der Waals surface area contributed by atoms with Crippen LogP contribution >= 0.6 is 0 Å². The van der Waals surface area contributed by atoms with E-state index in [9.17, 15) is 18.0 Å². The highest BCUT2D eigenvalue weighted by molar-refractivity contribution is 7.89. The summed E-state index contributed by atoms with van der Waals surface area (Å²) in [6.07, 6.45) is 3.65. The number of benzene rings is 1. The number of carbonyl (C=O) groups excluding carboxylic acids is 2. The van der Waals surface area contributed by atoms with Crippen LogP contribution in [0, 0.1) is 12.8 Å². The second-order valence-corrected chi connectivity index (χ2v) is 8.61. The van der Waals surface area contributed by atoms with Gasteiger partial charge in [0.25, 0.3) is 5.91 Å². The molecule has 27 heavy (non-hydrogen) atoms. The maximum atomic E-state index is 12.8. The predicted molar refractivity (Wildman–Crippen MR) is 103 cm³/mol. The molecule has 1 fully saturated rings. The van der Waals surface area contributed by atoms with Gasteiger partial charge in [0.2, 0.25) is 10.0 Å². The summed E-state index contributed by atoms with van der Waals surface area (Å²) in [5, 5.41) is 2.60. The van der Waals surface area contributed by atoms with Gasteiger partial charge in [-0.1, -0.05) is 32.8 Å². The molecule has 1 aromatic carbocycles. The van der Waals surface area contributed by atoms with E-state index in [0.29, 0.717) is 24.3 Å². The van der Waals surface area contributed by atoms with Crippen molar-refractivity contribution in [1.29, 1.82) is 0 Å². The first-order valence-electron chi connectivity index (χ1n) is 9.36. The number of hydrogen-bond donors (Lipinski definition) is 1. The van der Waals surface area contributed by atoms with Gasteiger partial charge in [-0.25, -0.2) is 8.42 Å². The minimum atomic E-state index is -3.63. The third-order valence-corrected chi connectivity index (χ3v) is 7.02. The smallest absolute Gasteiger partial charge is 0.309 e. The van der Waals surface area contributed by atoms with E-state index in [1.807, 2.05) is 0 Å². The Morgan fingerprint density at radius 2 is 1.81 bits per heavy atom. The van der Waals surface area contributed by atoms with Gasteiger partial charge in [-0.3, -0.25) is 9.59 Å². The lowest BCUT2D eigenvalue weighted by atomic mass is 10.1. The lowest BCUT2D eigenvalue weighted by molar-refractivity contribution is -0.151. The van der Waals surface area contributed by atoms with Crippen molar-refractivity contribution < 1.29 is 22.7 Å². The van der Waals surface area contributed by atoms with Crippen LogP contribution in [0.1, 0.15) is 45.1 Å². The van der Waals surface area contributed by atoms with E-state index in [2.05, 4.69) is 5.32 Å². The number of ether oxygens (including phenoxy) is 1. The van der Waals surface area contributed by atoms with Crippen LogP contribution in [-0.4, -0.2) is 44.3 Å². The van der Waals surface area contributed by atoms with E-state index >= 15 is 0 Å². The Hall–Kier alpha value is -1.93. The van der Waals surface area contributed by atoms with Crippen molar-refractivity contribution in [2.24, 2.45) is 5.92 Å². The van der Waals surface area contributed by atoms with Crippen LogP contribution < -0.4 is 5.32 Å². The molecule has 1 amide bonds. The molecule has 0 bridgehead atoms. The summed E-state index contributed by atoms with van der Waals surface area (Å²) in [6.45, 7) is 5.63. The Kier molecular flexibility index (Phi) is 7.38. The summed E-state index contributed by atoms with van der Waals surface area (Å²) in [5.74, 6) is -0.935. The highest BCUT2D eigenvalue weighted by atomic mass is 32.2. The highest BCUT2D eigenvalue weighted by Gasteiger charge is 2.25. The van der Waals surface area contributed by atoms with E-state index in [0.717, 1.165) is 25.7 Å². The van der Waals surface area contributed by atoms with Crippen LogP contribution in [0.15, 0.2) is 23.1 Å². The molecular weight excluding hydrogens is 368 g/mol. The molecule has 0 heterocycles. The van der Waals surface area contributed by atoms with Crippen molar-refractivity contribution in [2.45, 2.75) is 51.3 Å². The fourth-order valence-corrected chi connectivity index (χ4v) is 4.98. The second kappa shape index (κ2) is 9.32. The van der Waals surface area contributed by atoms with Gasteiger partial charge in [0, 0.05) is 18.8 Å². The molecule has 0 aromatic heterocycles. The number of nitrogens with zero attached hydrogens (tertiary/aromatic N) is 1. The molecule has 0 aliphatic heterocycles. The monoisotopic (exact) mass is 396 g/mol. The summed E-state index contributed by atoms with van der Waals surface area (Å²) < 4.78 is 32.0. The molecule has 0 spiro atoms. The lowest BCUT2D eigenvalue weighted by Gasteiger charge is -2.20. The number of aryl methyl sites for hydroxylation is 1. The van der Waals surface area contributed by atoms with E-state index in [4.69, 9.17) is 4.74 Å². The number of esters is 1. The maximum Gasteiger partial charge on any atom is 0.309 e. The molecule has 150 valence electrons. The largest absolute Gasteiger partial charge is 0.455 e. The highest BCUT2D eigenvalue weighted by Crippen LogP contribution is 2.26. The van der Waals surface area contributed by atoms with Crippen molar-refractivity contribution in [3.8, 4) is 0 Å². The van der Waals surface area contributed by atoms with E-state index in [1.165, 1.54) is 10.4 Å². The van der Waals surface area contributed by atoms with Crippen LogP contribution in [0.2, 0.25) is 0 Å². The van der Waals surface area contributed by atoms with Gasteiger partial charge in [0.15, 0.2) is 6.61 Å². The van der Waals surface area contributed by atoms with Crippen molar-refractivity contribution in [1.82, 2.24) is 4.31 Å². The van der Waals surface area contributed by atoms with E-state index in [1.54, 1.807) is 32.9 Å². The number of carbonyl (C=O) groups is 2. The Balaban J connectivity index is 2.04. The number of amides is 1. The standard InChI is InChI=1S/C19H28N2O5S/c1-4-21(5-2)27(24,25)17-12-16(11-10-14(17)3)20-18(22)13-26-19(23)15-8-6-7-9-15/h10-12,15H,4-9,13H2,1-3H3,(H,20,22). The first kappa shape index (κ1) is 21.4. The minimum absolute atomic E-state index is 0.108. The molecule has 0 atom stereocenters. The van der Waals surface area contributed by atoms with Crippen molar-refractivity contribution >= 4 is 27.6 Å². The minimum Gasteiger partial charge on any atom is -0.455 e. The third kappa shape index (κ3) is 5.29. The molecule has 2 rings (SSSR count). The zero-order valence-corrected chi connectivity index (χ0v) is 17.0. The van der Waals surface area contributed by atoms with Crippen molar-refractivity contribution in [3.05, 3.63) is 23.8 Å². The average Bonchev–Trinajstić information content (AvgIpc) is 3.16. The number of sulfonamides is 1. The molecule has 0 unspecified atom stereocenters. The Morgan fingerprint density at radius 1 is 1.19 bits per heavy atom. The molecule has 7 nitrogen and oxygen atoms in total. The zero-order valence-electron chi connectivity index (χ0n) is 16.2. The van der Waals surface area contributed by atoms with Gasteiger partial charge < -0.3 is 10.1 Å². The molecule has 8 heteroatoms. The molecule has 0 radical (unpaired) electrons. The van der Waals surface area contributed by atoms with Gasteiger partial charge >= 0.3 is 5.97 Å². The Labute approximate surface area is 161 Å². The predicted octanol–water partition coefficient (Wildman–Crippen LogP) is 2.70. The van der Waals surface area contributed by atoms with Gasteiger partial charge in [-0.2, -0.15) is 4.31 Å². The molecule has 1 aliphatic rings. The summed E-state index contributed by atoms with van der Waals surface area (Å²) in [6, 6.07) is 4.73. The number of nitrogens with one attached hydrogen (secondary N) is 1. The summed E-state index contributed by atoms with van der Waals surface area (Å²) in [7, 11) is -3.63. The van der Waals surface area contributed by atoms with Gasteiger partial charge in [-0.15, -0.1) is 0 Å². The summed E-state index contributed by atoms with van der Waals surface area (Å²) in [5.41, 5.74) is 0.959. The van der Waals surface area contributed by atoms with Crippen molar-refractivity contribution in [2.75, 3.05) is 25.0 Å². The average molecular weight is 397 g/mol. The molecule has 1 aliphatic carbocycles. The molecule has 1 aromatic rings. The van der Waals surface area contributed by atoms with E-state index in [-0.39, 0.29) is 23.4 Å². The van der Waals surface area contributed by atoms with Crippen molar-refractivity contribution in [3.63, 3.8) is 0 Å². The van der Waals surface area contributed by atoms with Crippen LogP contribution in [0.5, 0.6) is 0 Å². The van der Waals surface area contributed by atoms with Gasteiger partial charge in [-0.05, 0) is 37.5 Å². The lowest BCUT2D eigenvalue weighted by Crippen LogP contribution is -2.31. The zero-order chi connectivity index (χ0) is 20.0. The van der Waals surface area contributed by atoms with E-state index < -0.39 is 15.9 Å². The first-order valence-corrected chi connectivity index (χ1v) is 10.8. The number of rotatable bonds is 8. The Morgan fingerprint density at radius 3 is 2.41 bits per heavy atom. The first-order chi connectivity index (χ1) is 12.8. The van der Waals surface area contributed by atoms with Gasteiger partial charge in [0.1, 0.15) is 0 Å². The van der Waals surface area contributed by atoms with Crippen LogP contribution in [0.25, 0.3) is 0 Å². The molecule has 1 N–H and O–H groups in total. The SMILES string of the molecule is CCN(CC)S(=O)(=O)c1cc(NC(=O)COC(=O)C2CCCC2)ccc1C. The normalized spacial score (nSPS) is 15.1. The fraction of sp³-hybridized carbons (Fsp3) is 0.579. The van der Waals surface area contributed by atoms with Gasteiger partial charge in [0.05, 0.1) is 10.8 Å². The number of hydrogen-bond acceptors (Lipinski definition) is 5. The topological polar surface area (TPSA) is 92.8 Å². The second-order valence-electron chi connectivity index (χ2n) is 6.71. The third-order valence-electron chi connectivity index (χ3n) is 4.83. The van der Waals surface area contributed by atoms with Crippen LogP contribution in [0.3, 0.4) is 0 Å². The summed E-state index contributed by atoms with van der Waals surface area (Å²) in [4.78, 5) is 24.1. The van der Waals surface area contributed by atoms with Crippen LogP contribution in [-0.2, 0) is 24.3 Å². The molecular formula is C19H28N2O5S. The molecule has 1 saturated carbocycles. The fourth-order valence-electron chi connectivity index (χ4n) is 3.27. The maximum absolute atomic E-state index is 12.8. The molecule has 0 saturated heterocycles. The quantitative estimate of drug-likeness (QED) is 0.682. The van der Waals surface area contributed by atoms with Crippen LogP contribution in [0.4, 0.5) is 5.69 Å². The Bertz CT molecular complexity index is 781.